The van der Waals surface area contributed by atoms with Crippen LogP contribution in [0.5, 0.6) is 0 Å². The zero-order valence-corrected chi connectivity index (χ0v) is 11.1. The zero-order valence-electron chi connectivity index (χ0n) is 10.1. The Balaban J connectivity index is 2.42. The standard InChI is InChI=1S/C15H17Si/c1-12-8-7-11-15(13(12)2)16(3)14-9-5-4-6-10-14/h4-11H,1-3H3. The van der Waals surface area contributed by atoms with Crippen molar-refractivity contribution in [1.82, 2.24) is 0 Å². The van der Waals surface area contributed by atoms with E-state index in [1.165, 1.54) is 21.5 Å². The van der Waals surface area contributed by atoms with Gasteiger partial charge in [0.2, 0.25) is 0 Å². The van der Waals surface area contributed by atoms with Crippen molar-refractivity contribution in [3.63, 3.8) is 0 Å². The first-order valence-electron chi connectivity index (χ1n) is 5.65. The van der Waals surface area contributed by atoms with Gasteiger partial charge in [0.15, 0.2) is 0 Å². The number of aryl methyl sites for hydroxylation is 1. The Labute approximate surface area is 99.6 Å². The summed E-state index contributed by atoms with van der Waals surface area (Å²) in [5, 5.41) is 3.03. The Bertz CT molecular complexity index is 474. The van der Waals surface area contributed by atoms with Gasteiger partial charge in [0, 0.05) is 0 Å². The highest BCUT2D eigenvalue weighted by Crippen LogP contribution is 2.04. The molecular formula is C15H17Si. The van der Waals surface area contributed by atoms with Crippen LogP contribution in [0.1, 0.15) is 11.1 Å². The third kappa shape index (κ3) is 2.09. The van der Waals surface area contributed by atoms with E-state index in [4.69, 9.17) is 0 Å². The summed E-state index contributed by atoms with van der Waals surface area (Å²) in [5.41, 5.74) is 2.86. The molecule has 0 aliphatic carbocycles. The maximum absolute atomic E-state index is 2.38. The third-order valence-corrected chi connectivity index (χ3v) is 5.76. The molecule has 0 unspecified atom stereocenters. The molecule has 16 heavy (non-hydrogen) atoms. The quantitative estimate of drug-likeness (QED) is 0.689. The van der Waals surface area contributed by atoms with Gasteiger partial charge in [0.1, 0.15) is 8.80 Å². The van der Waals surface area contributed by atoms with Crippen molar-refractivity contribution in [3.8, 4) is 0 Å². The summed E-state index contributed by atoms with van der Waals surface area (Å²) in [6.07, 6.45) is 0. The van der Waals surface area contributed by atoms with Gasteiger partial charge in [-0.3, -0.25) is 0 Å². The summed E-state index contributed by atoms with van der Waals surface area (Å²) in [6, 6.07) is 17.5. The number of benzene rings is 2. The minimum absolute atomic E-state index is 0.597. The maximum Gasteiger partial charge on any atom is 0.118 e. The van der Waals surface area contributed by atoms with Crippen LogP contribution in [0.25, 0.3) is 0 Å². The van der Waals surface area contributed by atoms with Crippen LogP contribution in [-0.2, 0) is 0 Å². The van der Waals surface area contributed by atoms with Crippen molar-refractivity contribution in [3.05, 3.63) is 59.7 Å². The highest BCUT2D eigenvalue weighted by molar-refractivity contribution is 6.84. The Morgan fingerprint density at radius 3 is 2.19 bits per heavy atom. The molecule has 1 radical (unpaired) electrons. The van der Waals surface area contributed by atoms with Gasteiger partial charge in [-0.05, 0) is 25.0 Å². The summed E-state index contributed by atoms with van der Waals surface area (Å²) in [6.45, 7) is 6.81. The number of rotatable bonds is 2. The lowest BCUT2D eigenvalue weighted by molar-refractivity contribution is 1.36. The van der Waals surface area contributed by atoms with Gasteiger partial charge >= 0.3 is 0 Å². The van der Waals surface area contributed by atoms with E-state index in [1.54, 1.807) is 0 Å². The highest BCUT2D eigenvalue weighted by atomic mass is 28.3. The van der Waals surface area contributed by atoms with Crippen LogP contribution in [0.4, 0.5) is 0 Å². The normalized spacial score (nSPS) is 10.8. The van der Waals surface area contributed by atoms with E-state index in [9.17, 15) is 0 Å². The van der Waals surface area contributed by atoms with Gasteiger partial charge < -0.3 is 0 Å². The molecule has 0 N–H and O–H groups in total. The molecule has 0 saturated heterocycles. The van der Waals surface area contributed by atoms with Crippen LogP contribution in [0.15, 0.2) is 48.5 Å². The fourth-order valence-corrected chi connectivity index (χ4v) is 4.11. The van der Waals surface area contributed by atoms with Crippen LogP contribution in [-0.4, -0.2) is 8.80 Å². The van der Waals surface area contributed by atoms with Crippen LogP contribution in [0.3, 0.4) is 0 Å². The minimum atomic E-state index is -0.597. The second-order valence-electron chi connectivity index (χ2n) is 4.24. The van der Waals surface area contributed by atoms with Crippen LogP contribution in [0.2, 0.25) is 6.55 Å². The topological polar surface area (TPSA) is 0 Å². The Kier molecular flexibility index (Phi) is 3.25. The molecule has 2 rings (SSSR count). The summed E-state index contributed by atoms with van der Waals surface area (Å²) < 4.78 is 0. The first-order valence-corrected chi connectivity index (χ1v) is 7.65. The van der Waals surface area contributed by atoms with Crippen molar-refractivity contribution in [2.45, 2.75) is 20.4 Å². The number of hydrogen-bond donors (Lipinski definition) is 0. The molecule has 0 fully saturated rings. The summed E-state index contributed by atoms with van der Waals surface area (Å²) in [7, 11) is -0.597. The molecule has 2 aromatic rings. The van der Waals surface area contributed by atoms with Crippen molar-refractivity contribution in [1.29, 1.82) is 0 Å². The Hall–Kier alpha value is -1.34. The molecule has 0 aliphatic heterocycles. The molecule has 0 spiro atoms. The Morgan fingerprint density at radius 1 is 0.812 bits per heavy atom. The fraction of sp³-hybridized carbons (Fsp3) is 0.200. The van der Waals surface area contributed by atoms with Crippen LogP contribution in [0, 0.1) is 13.8 Å². The molecule has 0 heterocycles. The van der Waals surface area contributed by atoms with Crippen molar-refractivity contribution < 1.29 is 0 Å². The summed E-state index contributed by atoms with van der Waals surface area (Å²) in [5.74, 6) is 0. The molecule has 81 valence electrons. The summed E-state index contributed by atoms with van der Waals surface area (Å²) >= 11 is 0. The molecule has 1 heteroatoms. The zero-order chi connectivity index (χ0) is 11.5. The molecule has 0 amide bonds. The lowest BCUT2D eigenvalue weighted by Crippen LogP contribution is -2.40. The molecule has 0 aromatic heterocycles. The molecule has 0 aliphatic rings. The molecular weight excluding hydrogens is 208 g/mol. The van der Waals surface area contributed by atoms with Gasteiger partial charge in [-0.25, -0.2) is 0 Å². The van der Waals surface area contributed by atoms with Crippen LogP contribution >= 0.6 is 0 Å². The smallest absolute Gasteiger partial charge is 0.0628 e. The summed E-state index contributed by atoms with van der Waals surface area (Å²) in [4.78, 5) is 0. The van der Waals surface area contributed by atoms with E-state index < -0.39 is 8.80 Å². The highest BCUT2D eigenvalue weighted by Gasteiger charge is 2.13. The largest absolute Gasteiger partial charge is 0.118 e. The SMILES string of the molecule is Cc1cccc([Si](C)c2ccccc2)c1C. The van der Waals surface area contributed by atoms with Gasteiger partial charge in [-0.2, -0.15) is 0 Å². The molecule has 0 bridgehead atoms. The average molecular weight is 225 g/mol. The van der Waals surface area contributed by atoms with E-state index in [0.29, 0.717) is 0 Å². The second kappa shape index (κ2) is 4.66. The lowest BCUT2D eigenvalue weighted by Gasteiger charge is -2.14. The monoisotopic (exact) mass is 225 g/mol. The molecule has 0 atom stereocenters. The lowest BCUT2D eigenvalue weighted by atomic mass is 10.1. The molecule has 2 aromatic carbocycles. The molecule has 0 nitrogen and oxygen atoms in total. The van der Waals surface area contributed by atoms with E-state index in [1.807, 2.05) is 0 Å². The fourth-order valence-electron chi connectivity index (χ4n) is 2.00. The third-order valence-electron chi connectivity index (χ3n) is 3.22. The number of hydrogen-bond acceptors (Lipinski definition) is 0. The predicted octanol–water partition coefficient (Wildman–Crippen LogP) is 2.54. The average Bonchev–Trinajstić information content (AvgIpc) is 2.33. The van der Waals surface area contributed by atoms with Gasteiger partial charge in [0.25, 0.3) is 0 Å². The predicted molar refractivity (Wildman–Crippen MR) is 73.2 cm³/mol. The van der Waals surface area contributed by atoms with E-state index in [-0.39, 0.29) is 0 Å². The Morgan fingerprint density at radius 2 is 1.50 bits per heavy atom. The van der Waals surface area contributed by atoms with Crippen molar-refractivity contribution >= 4 is 19.2 Å². The van der Waals surface area contributed by atoms with E-state index in [0.717, 1.165) is 0 Å². The van der Waals surface area contributed by atoms with E-state index in [2.05, 4.69) is 68.9 Å². The van der Waals surface area contributed by atoms with Crippen molar-refractivity contribution in [2.75, 3.05) is 0 Å². The minimum Gasteiger partial charge on any atom is -0.0628 e. The second-order valence-corrected chi connectivity index (χ2v) is 6.60. The molecule has 0 saturated carbocycles. The van der Waals surface area contributed by atoms with Gasteiger partial charge in [-0.15, -0.1) is 0 Å². The van der Waals surface area contributed by atoms with E-state index >= 15 is 0 Å². The first kappa shape index (κ1) is 11.2. The van der Waals surface area contributed by atoms with Gasteiger partial charge in [0.05, 0.1) is 0 Å². The van der Waals surface area contributed by atoms with Gasteiger partial charge in [-0.1, -0.05) is 65.5 Å². The van der Waals surface area contributed by atoms with Crippen molar-refractivity contribution in [2.24, 2.45) is 0 Å². The van der Waals surface area contributed by atoms with Crippen LogP contribution < -0.4 is 10.4 Å². The maximum atomic E-state index is 2.38. The first-order chi connectivity index (χ1) is 7.70.